The summed E-state index contributed by atoms with van der Waals surface area (Å²) < 4.78 is 1.20. The summed E-state index contributed by atoms with van der Waals surface area (Å²) in [5.74, 6) is 0. The zero-order valence-electron chi connectivity index (χ0n) is 8.37. The second kappa shape index (κ2) is 5.25. The van der Waals surface area contributed by atoms with Crippen molar-refractivity contribution in [2.24, 2.45) is 0 Å². The molecular formula is C11H12BrNS2. The lowest BCUT2D eigenvalue weighted by Gasteiger charge is -2.10. The highest BCUT2D eigenvalue weighted by molar-refractivity contribution is 9.11. The van der Waals surface area contributed by atoms with Gasteiger partial charge in [-0.2, -0.15) is 11.3 Å². The van der Waals surface area contributed by atoms with Crippen molar-refractivity contribution in [3.63, 3.8) is 0 Å². The summed E-state index contributed by atoms with van der Waals surface area (Å²) in [5, 5.41) is 7.81. The first-order valence-electron chi connectivity index (χ1n) is 4.75. The smallest absolute Gasteiger partial charge is 0.0701 e. The molecule has 2 rings (SSSR count). The third kappa shape index (κ3) is 3.14. The topological polar surface area (TPSA) is 12.0 Å². The van der Waals surface area contributed by atoms with Crippen molar-refractivity contribution >= 4 is 38.6 Å². The van der Waals surface area contributed by atoms with Gasteiger partial charge < -0.3 is 5.32 Å². The average Bonchev–Trinajstić information content (AvgIpc) is 2.84. The number of hydrogen-bond acceptors (Lipinski definition) is 3. The van der Waals surface area contributed by atoms with Crippen molar-refractivity contribution in [3.8, 4) is 0 Å². The minimum atomic E-state index is 0.418. The molecule has 4 heteroatoms. The van der Waals surface area contributed by atoms with Gasteiger partial charge in [0.1, 0.15) is 0 Å². The van der Waals surface area contributed by atoms with Crippen LogP contribution in [0.5, 0.6) is 0 Å². The van der Waals surface area contributed by atoms with Crippen molar-refractivity contribution in [2.75, 3.05) is 0 Å². The molecule has 15 heavy (non-hydrogen) atoms. The van der Waals surface area contributed by atoms with Gasteiger partial charge in [-0.05, 0) is 57.4 Å². The van der Waals surface area contributed by atoms with Gasteiger partial charge in [0.15, 0.2) is 0 Å². The lowest BCUT2D eigenvalue weighted by Crippen LogP contribution is -2.16. The van der Waals surface area contributed by atoms with Gasteiger partial charge >= 0.3 is 0 Å². The van der Waals surface area contributed by atoms with Crippen LogP contribution in [-0.4, -0.2) is 0 Å². The molecule has 1 atom stereocenters. The number of nitrogens with one attached hydrogen (secondary N) is 1. The maximum absolute atomic E-state index is 3.51. The zero-order chi connectivity index (χ0) is 10.7. The van der Waals surface area contributed by atoms with E-state index in [1.165, 1.54) is 14.2 Å². The average molecular weight is 302 g/mol. The van der Waals surface area contributed by atoms with Gasteiger partial charge in [0, 0.05) is 17.5 Å². The monoisotopic (exact) mass is 301 g/mol. The van der Waals surface area contributed by atoms with Gasteiger partial charge in [-0.1, -0.05) is 0 Å². The Labute approximate surface area is 106 Å². The van der Waals surface area contributed by atoms with E-state index in [1.807, 2.05) is 0 Å². The predicted molar refractivity (Wildman–Crippen MR) is 71.6 cm³/mol. The fraction of sp³-hybridized carbons (Fsp3) is 0.273. The van der Waals surface area contributed by atoms with E-state index in [1.54, 1.807) is 22.7 Å². The SMILES string of the molecule is CC(NCc1ccsc1)c1ccc(Br)s1. The molecular weight excluding hydrogens is 290 g/mol. The molecule has 0 radical (unpaired) electrons. The van der Waals surface area contributed by atoms with Gasteiger partial charge in [0.25, 0.3) is 0 Å². The second-order valence-electron chi connectivity index (χ2n) is 3.38. The lowest BCUT2D eigenvalue weighted by molar-refractivity contribution is 0.584. The van der Waals surface area contributed by atoms with Crippen molar-refractivity contribution in [2.45, 2.75) is 19.5 Å². The summed E-state index contributed by atoms with van der Waals surface area (Å²) in [4.78, 5) is 1.37. The van der Waals surface area contributed by atoms with Crippen LogP contribution in [0, 0.1) is 0 Å². The third-order valence-corrected chi connectivity index (χ3v) is 4.75. The zero-order valence-corrected chi connectivity index (χ0v) is 11.6. The predicted octanol–water partition coefficient (Wildman–Crippen LogP) is 4.42. The fourth-order valence-electron chi connectivity index (χ4n) is 1.33. The molecule has 0 bridgehead atoms. The van der Waals surface area contributed by atoms with Crippen LogP contribution in [0.1, 0.15) is 23.4 Å². The molecule has 2 heterocycles. The molecule has 0 fully saturated rings. The normalized spacial score (nSPS) is 12.9. The largest absolute Gasteiger partial charge is 0.305 e. The van der Waals surface area contributed by atoms with Crippen LogP contribution in [0.2, 0.25) is 0 Å². The highest BCUT2D eigenvalue weighted by Gasteiger charge is 2.07. The fourth-order valence-corrected chi connectivity index (χ4v) is 3.44. The lowest BCUT2D eigenvalue weighted by atomic mass is 10.2. The van der Waals surface area contributed by atoms with Crippen LogP contribution in [0.25, 0.3) is 0 Å². The Bertz CT molecular complexity index is 408. The van der Waals surface area contributed by atoms with Crippen LogP contribution < -0.4 is 5.32 Å². The molecule has 0 saturated carbocycles. The maximum atomic E-state index is 3.51. The number of rotatable bonds is 4. The van der Waals surface area contributed by atoms with Crippen LogP contribution in [0.3, 0.4) is 0 Å². The van der Waals surface area contributed by atoms with Crippen molar-refractivity contribution < 1.29 is 0 Å². The Balaban J connectivity index is 1.90. The first kappa shape index (κ1) is 11.3. The molecule has 0 spiro atoms. The quantitative estimate of drug-likeness (QED) is 0.881. The van der Waals surface area contributed by atoms with Crippen LogP contribution in [0.15, 0.2) is 32.7 Å². The van der Waals surface area contributed by atoms with Gasteiger partial charge in [-0.15, -0.1) is 11.3 Å². The first-order valence-corrected chi connectivity index (χ1v) is 7.30. The second-order valence-corrected chi connectivity index (χ2v) is 6.65. The Kier molecular flexibility index (Phi) is 3.97. The van der Waals surface area contributed by atoms with Crippen molar-refractivity contribution in [1.29, 1.82) is 0 Å². The van der Waals surface area contributed by atoms with E-state index in [4.69, 9.17) is 0 Å². The molecule has 0 aliphatic carbocycles. The molecule has 0 amide bonds. The van der Waals surface area contributed by atoms with Gasteiger partial charge in [-0.3, -0.25) is 0 Å². The maximum Gasteiger partial charge on any atom is 0.0701 e. The van der Waals surface area contributed by atoms with E-state index in [-0.39, 0.29) is 0 Å². The Morgan fingerprint density at radius 3 is 2.87 bits per heavy atom. The van der Waals surface area contributed by atoms with E-state index in [9.17, 15) is 0 Å². The molecule has 0 saturated heterocycles. The molecule has 80 valence electrons. The summed E-state index contributed by atoms with van der Waals surface area (Å²) in [6, 6.07) is 6.85. The minimum Gasteiger partial charge on any atom is -0.305 e. The molecule has 0 aliphatic heterocycles. The van der Waals surface area contributed by atoms with Gasteiger partial charge in [-0.25, -0.2) is 0 Å². The Hall–Kier alpha value is -0.160. The highest BCUT2D eigenvalue weighted by atomic mass is 79.9. The van der Waals surface area contributed by atoms with E-state index in [2.05, 4.69) is 57.1 Å². The Morgan fingerprint density at radius 1 is 1.40 bits per heavy atom. The molecule has 2 aromatic rings. The van der Waals surface area contributed by atoms with Gasteiger partial charge in [0.05, 0.1) is 3.79 Å². The van der Waals surface area contributed by atoms with Crippen LogP contribution >= 0.6 is 38.6 Å². The van der Waals surface area contributed by atoms with Gasteiger partial charge in [0.2, 0.25) is 0 Å². The van der Waals surface area contributed by atoms with E-state index < -0.39 is 0 Å². The standard InChI is InChI=1S/C11H12BrNS2/c1-8(10-2-3-11(12)15-10)13-6-9-4-5-14-7-9/h2-5,7-8,13H,6H2,1H3. The molecule has 0 aromatic carbocycles. The van der Waals surface area contributed by atoms with Crippen molar-refractivity contribution in [1.82, 2.24) is 5.32 Å². The van der Waals surface area contributed by atoms with E-state index >= 15 is 0 Å². The molecule has 0 aliphatic rings. The highest BCUT2D eigenvalue weighted by Crippen LogP contribution is 2.27. The molecule has 2 aromatic heterocycles. The van der Waals surface area contributed by atoms with Crippen molar-refractivity contribution in [3.05, 3.63) is 43.2 Å². The molecule has 1 N–H and O–H groups in total. The summed E-state index contributed by atoms with van der Waals surface area (Å²) in [6.07, 6.45) is 0. The number of hydrogen-bond donors (Lipinski definition) is 1. The summed E-state index contributed by atoms with van der Waals surface area (Å²) in [6.45, 7) is 3.14. The van der Waals surface area contributed by atoms with Crippen LogP contribution in [-0.2, 0) is 6.54 Å². The molecule has 1 nitrogen and oxygen atoms in total. The van der Waals surface area contributed by atoms with E-state index in [0.717, 1.165) is 6.54 Å². The first-order chi connectivity index (χ1) is 7.25. The van der Waals surface area contributed by atoms with E-state index in [0.29, 0.717) is 6.04 Å². The Morgan fingerprint density at radius 2 is 2.27 bits per heavy atom. The third-order valence-electron chi connectivity index (χ3n) is 2.21. The summed E-state index contributed by atoms with van der Waals surface area (Å²) in [7, 11) is 0. The van der Waals surface area contributed by atoms with Crippen LogP contribution in [0.4, 0.5) is 0 Å². The summed E-state index contributed by atoms with van der Waals surface area (Å²) >= 11 is 7.02. The number of thiophene rings is 2. The molecule has 1 unspecified atom stereocenters. The minimum absolute atomic E-state index is 0.418. The summed E-state index contributed by atoms with van der Waals surface area (Å²) in [5.41, 5.74) is 1.36. The number of halogens is 1.